The molecule has 1 rings (SSSR count). The number of rotatable bonds is 4. The number of likely N-dealkylation sites (N-methyl/N-ethyl adjacent to an activating group) is 1. The molecular weight excluding hydrogens is 250 g/mol. The molecule has 0 aliphatic heterocycles. The summed E-state index contributed by atoms with van der Waals surface area (Å²) >= 11 is 6.33. The van der Waals surface area contributed by atoms with E-state index in [9.17, 15) is 4.79 Å². The molecular formula is C14H20ClNO2. The van der Waals surface area contributed by atoms with E-state index in [-0.39, 0.29) is 6.04 Å². The Kier molecular flexibility index (Phi) is 4.77. The molecule has 4 heteroatoms. The van der Waals surface area contributed by atoms with E-state index < -0.39 is 0 Å². The Bertz CT molecular complexity index is 470. The molecule has 0 radical (unpaired) electrons. The van der Waals surface area contributed by atoms with Crippen molar-refractivity contribution >= 4 is 17.9 Å². The Labute approximate surface area is 114 Å². The first-order valence-electron chi connectivity index (χ1n) is 5.81. The predicted molar refractivity (Wildman–Crippen MR) is 74.7 cm³/mol. The summed E-state index contributed by atoms with van der Waals surface area (Å²) in [6.45, 7) is 5.84. The highest BCUT2D eigenvalue weighted by Gasteiger charge is 2.24. The molecule has 0 bridgehead atoms. The lowest BCUT2D eigenvalue weighted by Gasteiger charge is -2.26. The van der Waals surface area contributed by atoms with Crippen LogP contribution in [0.4, 0.5) is 0 Å². The molecule has 0 aliphatic carbocycles. The fourth-order valence-electron chi connectivity index (χ4n) is 2.17. The Balaban J connectivity index is 3.65. The maximum Gasteiger partial charge on any atom is 0.141 e. The lowest BCUT2D eigenvalue weighted by Crippen LogP contribution is -2.23. The summed E-state index contributed by atoms with van der Waals surface area (Å²) in [6.07, 6.45) is 0.913. The molecule has 0 spiro atoms. The van der Waals surface area contributed by atoms with Crippen LogP contribution in [0, 0.1) is 20.8 Å². The number of methoxy groups -OCH3 is 1. The molecule has 0 saturated carbocycles. The van der Waals surface area contributed by atoms with Crippen LogP contribution in [0.25, 0.3) is 0 Å². The maximum absolute atomic E-state index is 11.3. The van der Waals surface area contributed by atoms with Crippen molar-refractivity contribution in [2.24, 2.45) is 0 Å². The van der Waals surface area contributed by atoms with Gasteiger partial charge in [0, 0.05) is 10.6 Å². The molecule has 18 heavy (non-hydrogen) atoms. The van der Waals surface area contributed by atoms with Crippen LogP contribution in [-0.2, 0) is 4.79 Å². The summed E-state index contributed by atoms with van der Waals surface area (Å²) in [6, 6.07) is -0.350. The summed E-state index contributed by atoms with van der Waals surface area (Å²) in [4.78, 5) is 13.2. The first-order chi connectivity index (χ1) is 8.36. The molecule has 0 aliphatic rings. The van der Waals surface area contributed by atoms with Crippen molar-refractivity contribution in [3.05, 3.63) is 27.3 Å². The fraction of sp³-hybridized carbons (Fsp3) is 0.500. The number of ether oxygens (including phenoxy) is 1. The lowest BCUT2D eigenvalue weighted by atomic mass is 9.94. The van der Waals surface area contributed by atoms with Crippen LogP contribution in [-0.4, -0.2) is 32.4 Å². The monoisotopic (exact) mass is 269 g/mol. The molecule has 1 unspecified atom stereocenters. The van der Waals surface area contributed by atoms with E-state index in [1.807, 2.05) is 39.8 Å². The van der Waals surface area contributed by atoms with Crippen LogP contribution < -0.4 is 4.74 Å². The van der Waals surface area contributed by atoms with Gasteiger partial charge in [0.1, 0.15) is 12.0 Å². The van der Waals surface area contributed by atoms with Gasteiger partial charge < -0.3 is 9.53 Å². The van der Waals surface area contributed by atoms with Crippen molar-refractivity contribution in [2.45, 2.75) is 26.8 Å². The second kappa shape index (κ2) is 5.72. The normalized spacial score (nSPS) is 12.7. The third-order valence-corrected chi connectivity index (χ3v) is 3.96. The second-order valence-corrected chi connectivity index (χ2v) is 5.06. The zero-order chi connectivity index (χ0) is 14.0. The van der Waals surface area contributed by atoms with Gasteiger partial charge in [0.15, 0.2) is 0 Å². The zero-order valence-electron chi connectivity index (χ0n) is 11.8. The van der Waals surface area contributed by atoms with E-state index in [0.29, 0.717) is 5.02 Å². The van der Waals surface area contributed by atoms with Crippen molar-refractivity contribution in [2.75, 3.05) is 21.2 Å². The van der Waals surface area contributed by atoms with E-state index in [0.717, 1.165) is 34.3 Å². The van der Waals surface area contributed by atoms with Crippen LogP contribution in [0.2, 0.25) is 5.02 Å². The Hall–Kier alpha value is -1.06. The van der Waals surface area contributed by atoms with Crippen LogP contribution in [0.3, 0.4) is 0 Å². The third kappa shape index (κ3) is 2.38. The minimum atomic E-state index is -0.350. The van der Waals surface area contributed by atoms with Gasteiger partial charge >= 0.3 is 0 Å². The van der Waals surface area contributed by atoms with Crippen LogP contribution >= 0.6 is 11.6 Å². The minimum absolute atomic E-state index is 0.350. The first kappa shape index (κ1) is 15.0. The maximum atomic E-state index is 11.3. The van der Waals surface area contributed by atoms with Gasteiger partial charge in [0.05, 0.1) is 13.2 Å². The number of carbonyl (C=O) groups excluding carboxylic acids is 1. The number of carbonyl (C=O) groups is 1. The van der Waals surface area contributed by atoms with E-state index in [4.69, 9.17) is 16.3 Å². The van der Waals surface area contributed by atoms with Crippen LogP contribution in [0.15, 0.2) is 0 Å². The molecule has 0 heterocycles. The van der Waals surface area contributed by atoms with Gasteiger partial charge in [-0.1, -0.05) is 11.6 Å². The predicted octanol–water partition coefficient (Wildman–Crippen LogP) is 3.08. The summed E-state index contributed by atoms with van der Waals surface area (Å²) < 4.78 is 5.48. The molecule has 1 aromatic rings. The smallest absolute Gasteiger partial charge is 0.141 e. The number of benzene rings is 1. The number of aldehydes is 1. The molecule has 0 aromatic heterocycles. The summed E-state index contributed by atoms with van der Waals surface area (Å²) in [7, 11) is 5.35. The van der Waals surface area contributed by atoms with Gasteiger partial charge in [-0.3, -0.25) is 4.90 Å². The zero-order valence-corrected chi connectivity index (χ0v) is 12.6. The average molecular weight is 270 g/mol. The minimum Gasteiger partial charge on any atom is -0.496 e. The third-order valence-electron chi connectivity index (χ3n) is 3.40. The van der Waals surface area contributed by atoms with Crippen LogP contribution in [0.5, 0.6) is 5.75 Å². The quantitative estimate of drug-likeness (QED) is 0.787. The van der Waals surface area contributed by atoms with Crippen molar-refractivity contribution in [3.63, 3.8) is 0 Å². The van der Waals surface area contributed by atoms with E-state index >= 15 is 0 Å². The molecule has 100 valence electrons. The molecule has 0 saturated heterocycles. The number of hydrogen-bond donors (Lipinski definition) is 0. The van der Waals surface area contributed by atoms with Crippen molar-refractivity contribution < 1.29 is 9.53 Å². The van der Waals surface area contributed by atoms with Crippen molar-refractivity contribution in [1.29, 1.82) is 0 Å². The molecule has 3 nitrogen and oxygen atoms in total. The lowest BCUT2D eigenvalue weighted by molar-refractivity contribution is -0.111. The Morgan fingerprint density at radius 3 is 2.11 bits per heavy atom. The highest BCUT2D eigenvalue weighted by Crippen LogP contribution is 2.39. The number of halogens is 1. The highest BCUT2D eigenvalue weighted by molar-refractivity contribution is 6.32. The first-order valence-corrected chi connectivity index (χ1v) is 6.19. The van der Waals surface area contributed by atoms with Gasteiger partial charge in [0.2, 0.25) is 0 Å². The molecule has 1 atom stereocenters. The Morgan fingerprint density at radius 1 is 1.17 bits per heavy atom. The molecule has 0 N–H and O–H groups in total. The average Bonchev–Trinajstić information content (AvgIpc) is 2.33. The van der Waals surface area contributed by atoms with Gasteiger partial charge in [-0.2, -0.15) is 0 Å². The van der Waals surface area contributed by atoms with Gasteiger partial charge in [-0.25, -0.2) is 0 Å². The molecule has 0 amide bonds. The topological polar surface area (TPSA) is 29.5 Å². The molecule has 0 fully saturated rings. The van der Waals surface area contributed by atoms with Crippen LogP contribution in [0.1, 0.15) is 28.3 Å². The van der Waals surface area contributed by atoms with Crippen molar-refractivity contribution in [3.8, 4) is 5.75 Å². The van der Waals surface area contributed by atoms with E-state index in [1.165, 1.54) is 0 Å². The number of nitrogens with zero attached hydrogens (tertiary/aromatic N) is 1. The van der Waals surface area contributed by atoms with E-state index in [2.05, 4.69) is 0 Å². The highest BCUT2D eigenvalue weighted by atomic mass is 35.5. The Morgan fingerprint density at radius 2 is 1.72 bits per heavy atom. The fourth-order valence-corrected chi connectivity index (χ4v) is 2.42. The largest absolute Gasteiger partial charge is 0.496 e. The molecule has 1 aromatic carbocycles. The standard InChI is InChI=1S/C14H20ClNO2/c1-8-9(2)14(18-6)12(10(3)13(8)15)11(7-17)16(4)5/h7,11H,1-6H3. The SMILES string of the molecule is COc1c(C)c(C)c(Cl)c(C)c1C(C=O)N(C)C. The summed E-state index contributed by atoms with van der Waals surface area (Å²) in [5.74, 6) is 0.750. The van der Waals surface area contributed by atoms with Gasteiger partial charge in [0.25, 0.3) is 0 Å². The van der Waals surface area contributed by atoms with E-state index in [1.54, 1.807) is 7.11 Å². The van der Waals surface area contributed by atoms with Crippen molar-refractivity contribution in [1.82, 2.24) is 4.90 Å². The summed E-state index contributed by atoms with van der Waals surface area (Å²) in [5.41, 5.74) is 3.74. The van der Waals surface area contributed by atoms with Gasteiger partial charge in [-0.05, 0) is 51.6 Å². The second-order valence-electron chi connectivity index (χ2n) is 4.68. The summed E-state index contributed by atoms with van der Waals surface area (Å²) in [5, 5.41) is 0.706. The van der Waals surface area contributed by atoms with Gasteiger partial charge in [-0.15, -0.1) is 0 Å². The number of hydrogen-bond acceptors (Lipinski definition) is 3.